The predicted molar refractivity (Wildman–Crippen MR) is 30.2 cm³/mol. The van der Waals surface area contributed by atoms with E-state index in [1.165, 1.54) is 0 Å². The first-order valence-electron chi connectivity index (χ1n) is 1.71. The average Bonchev–Trinajstić information content (AvgIpc) is 1.41. The van der Waals surface area contributed by atoms with E-state index in [9.17, 15) is 0 Å². The summed E-state index contributed by atoms with van der Waals surface area (Å²) >= 11 is 0. The van der Waals surface area contributed by atoms with Crippen molar-refractivity contribution in [1.29, 1.82) is 0 Å². The van der Waals surface area contributed by atoms with Crippen molar-refractivity contribution in [2.75, 3.05) is 13.1 Å². The van der Waals surface area contributed by atoms with Crippen LogP contribution in [-0.2, 0) is 21.1 Å². The molecule has 0 radical (unpaired) electrons. The molecular weight excluding hydrogens is 291 g/mol. The second-order valence-electron chi connectivity index (χ2n) is 0.854. The van der Waals surface area contributed by atoms with Gasteiger partial charge in [-0.25, -0.2) is 0 Å². The third-order valence-electron chi connectivity index (χ3n) is 0.354. The first-order valence-corrected chi connectivity index (χ1v) is 1.71. The Morgan fingerprint density at radius 1 is 0.875 bits per heavy atom. The third kappa shape index (κ3) is 31.2. The second-order valence-corrected chi connectivity index (χ2v) is 0.854. The summed E-state index contributed by atoms with van der Waals surface area (Å²) in [6.07, 6.45) is 0.722. The van der Waals surface area contributed by atoms with Crippen LogP contribution in [0.4, 0.5) is 0 Å². The standard InChI is InChI=1S/C3H8N2.2H2O.Pt/c4-2-1-3-5;;;/h4-5H,1-3H2;2*1H2;/q-2;;;+2. The Hall–Kier alpha value is 0.528. The Morgan fingerprint density at radius 3 is 1.12 bits per heavy atom. The Balaban J connectivity index is -0.0000000267. The molecule has 0 atom stereocenters. The fourth-order valence-electron chi connectivity index (χ4n) is 0.0884. The maximum atomic E-state index is 6.48. The summed E-state index contributed by atoms with van der Waals surface area (Å²) in [7, 11) is 0. The van der Waals surface area contributed by atoms with Gasteiger partial charge < -0.3 is 22.4 Å². The predicted octanol–water partition coefficient (Wildman–Crippen LogP) is -0.171. The normalized spacial score (nSPS) is 5.25. The first kappa shape index (κ1) is 23.6. The molecule has 0 saturated carbocycles. The van der Waals surface area contributed by atoms with Gasteiger partial charge in [-0.1, -0.05) is 6.42 Å². The molecule has 0 heterocycles. The van der Waals surface area contributed by atoms with Gasteiger partial charge in [0.2, 0.25) is 0 Å². The molecule has 0 aromatic carbocycles. The van der Waals surface area contributed by atoms with Crippen LogP contribution < -0.4 is 0 Å². The summed E-state index contributed by atoms with van der Waals surface area (Å²) < 4.78 is 0. The van der Waals surface area contributed by atoms with Crippen molar-refractivity contribution in [1.82, 2.24) is 0 Å². The van der Waals surface area contributed by atoms with Crippen molar-refractivity contribution < 1.29 is 32.0 Å². The molecule has 8 heavy (non-hydrogen) atoms. The van der Waals surface area contributed by atoms with E-state index >= 15 is 0 Å². The van der Waals surface area contributed by atoms with Crippen molar-refractivity contribution in [3.8, 4) is 0 Å². The third-order valence-corrected chi connectivity index (χ3v) is 0.354. The molecule has 0 aliphatic carbocycles. The Kier molecular flexibility index (Phi) is 75.9. The van der Waals surface area contributed by atoms with Crippen molar-refractivity contribution >= 4 is 0 Å². The van der Waals surface area contributed by atoms with Gasteiger partial charge in [0.15, 0.2) is 0 Å². The van der Waals surface area contributed by atoms with Gasteiger partial charge in [0.05, 0.1) is 0 Å². The molecule has 0 aromatic heterocycles. The molecule has 5 heteroatoms. The summed E-state index contributed by atoms with van der Waals surface area (Å²) in [4.78, 5) is 0. The van der Waals surface area contributed by atoms with Gasteiger partial charge in [0, 0.05) is 0 Å². The summed E-state index contributed by atoms with van der Waals surface area (Å²) in [5.74, 6) is 0. The van der Waals surface area contributed by atoms with E-state index in [0.717, 1.165) is 6.42 Å². The summed E-state index contributed by atoms with van der Waals surface area (Å²) in [6, 6.07) is 0. The van der Waals surface area contributed by atoms with E-state index in [1.54, 1.807) is 0 Å². The first-order chi connectivity index (χ1) is 2.41. The number of hydrogen-bond donors (Lipinski definition) is 0. The van der Waals surface area contributed by atoms with Crippen LogP contribution >= 0.6 is 0 Å². The maximum absolute atomic E-state index is 6.48. The van der Waals surface area contributed by atoms with Gasteiger partial charge in [-0.2, -0.15) is 13.1 Å². The molecule has 0 bridgehead atoms. The van der Waals surface area contributed by atoms with Crippen LogP contribution in [0.1, 0.15) is 6.42 Å². The van der Waals surface area contributed by atoms with Gasteiger partial charge in [-0.3, -0.25) is 0 Å². The SMILES string of the molecule is O.O.[NH-]CCC[NH-].[Pt+2]. The molecule has 56 valence electrons. The van der Waals surface area contributed by atoms with Crippen LogP contribution in [0, 0.1) is 0 Å². The van der Waals surface area contributed by atoms with Gasteiger partial charge in [0.25, 0.3) is 0 Å². The van der Waals surface area contributed by atoms with Gasteiger partial charge >= 0.3 is 21.1 Å². The van der Waals surface area contributed by atoms with Crippen molar-refractivity contribution in [2.24, 2.45) is 0 Å². The monoisotopic (exact) mass is 303 g/mol. The van der Waals surface area contributed by atoms with Gasteiger partial charge in [-0.05, 0) is 0 Å². The molecule has 0 aromatic rings. The molecule has 0 aliphatic rings. The molecular formula is C3H12N2O2Pt. The Morgan fingerprint density at radius 2 is 1.12 bits per heavy atom. The van der Waals surface area contributed by atoms with E-state index in [0.29, 0.717) is 13.1 Å². The van der Waals surface area contributed by atoms with Crippen LogP contribution in [0.15, 0.2) is 0 Å². The van der Waals surface area contributed by atoms with Crippen LogP contribution in [0.2, 0.25) is 0 Å². The second kappa shape index (κ2) is 25.8. The molecule has 0 fully saturated rings. The summed E-state index contributed by atoms with van der Waals surface area (Å²) in [5, 5.41) is 0. The van der Waals surface area contributed by atoms with Crippen molar-refractivity contribution in [3.05, 3.63) is 11.5 Å². The van der Waals surface area contributed by atoms with Gasteiger partial charge in [0.1, 0.15) is 0 Å². The zero-order valence-corrected chi connectivity index (χ0v) is 6.71. The minimum absolute atomic E-state index is 0. The van der Waals surface area contributed by atoms with Crippen LogP contribution in [0.25, 0.3) is 11.5 Å². The molecule has 0 rings (SSSR count). The quantitative estimate of drug-likeness (QED) is 0.674. The minimum atomic E-state index is 0. The number of nitrogens with one attached hydrogen (secondary N) is 2. The molecule has 0 aliphatic heterocycles. The molecule has 0 spiro atoms. The van der Waals surface area contributed by atoms with Crippen molar-refractivity contribution in [3.63, 3.8) is 0 Å². The summed E-state index contributed by atoms with van der Waals surface area (Å²) in [6.45, 7) is 0.812. The fourth-order valence-corrected chi connectivity index (χ4v) is 0.0884. The van der Waals surface area contributed by atoms with Crippen LogP contribution in [0.5, 0.6) is 0 Å². The Labute approximate surface area is 63.5 Å². The largest absolute Gasteiger partial charge is 2.00 e. The van der Waals surface area contributed by atoms with Gasteiger partial charge in [-0.15, -0.1) is 0 Å². The van der Waals surface area contributed by atoms with E-state index in [2.05, 4.69) is 0 Å². The molecule has 0 amide bonds. The molecule has 4 nitrogen and oxygen atoms in total. The van der Waals surface area contributed by atoms with Crippen LogP contribution in [0.3, 0.4) is 0 Å². The van der Waals surface area contributed by atoms with E-state index in [4.69, 9.17) is 11.5 Å². The van der Waals surface area contributed by atoms with Crippen molar-refractivity contribution in [2.45, 2.75) is 6.42 Å². The average molecular weight is 303 g/mol. The van der Waals surface area contributed by atoms with E-state index in [1.807, 2.05) is 0 Å². The Bertz CT molecular complexity index is 22.8. The number of hydrogen-bond acceptors (Lipinski definition) is 0. The fraction of sp³-hybridized carbons (Fsp3) is 1.00. The number of rotatable bonds is 2. The maximum Gasteiger partial charge on any atom is 2.00 e. The minimum Gasteiger partial charge on any atom is -0.677 e. The smallest absolute Gasteiger partial charge is 0.677 e. The van der Waals surface area contributed by atoms with E-state index in [-0.39, 0.29) is 32.0 Å². The molecule has 0 unspecified atom stereocenters. The van der Waals surface area contributed by atoms with Crippen LogP contribution in [-0.4, -0.2) is 24.0 Å². The summed E-state index contributed by atoms with van der Waals surface area (Å²) in [5.41, 5.74) is 13.0. The zero-order valence-electron chi connectivity index (χ0n) is 4.44. The zero-order chi connectivity index (χ0) is 4.12. The van der Waals surface area contributed by atoms with E-state index < -0.39 is 0 Å². The molecule has 0 saturated heterocycles. The topological polar surface area (TPSA) is 111 Å². The molecule has 6 N–H and O–H groups in total.